The van der Waals surface area contributed by atoms with Crippen LogP contribution in [0.3, 0.4) is 0 Å². The molecule has 1 aliphatic carbocycles. The molecule has 4 heteroatoms. The third kappa shape index (κ3) is 8.10. The number of esters is 1. The molecule has 0 aromatic carbocycles. The molecule has 0 bridgehead atoms. The zero-order valence-electron chi connectivity index (χ0n) is 19.4. The number of methoxy groups -OCH3 is 1. The minimum absolute atomic E-state index is 0.0424. The lowest BCUT2D eigenvalue weighted by Gasteiger charge is -2.43. The van der Waals surface area contributed by atoms with Gasteiger partial charge < -0.3 is 14.2 Å². The van der Waals surface area contributed by atoms with Crippen molar-refractivity contribution in [1.82, 2.24) is 0 Å². The van der Waals surface area contributed by atoms with Crippen molar-refractivity contribution in [2.75, 3.05) is 13.9 Å². The fraction of sp³-hybridized carbons (Fsp3) is 0.720. The summed E-state index contributed by atoms with van der Waals surface area (Å²) in [5.41, 5.74) is 1.41. The molecule has 1 rings (SSSR count). The molecule has 0 aromatic heterocycles. The number of allylic oxidation sites excluding steroid dienone is 2. The van der Waals surface area contributed by atoms with Crippen LogP contribution in [0.25, 0.3) is 0 Å². The van der Waals surface area contributed by atoms with E-state index in [2.05, 4.69) is 46.9 Å². The Hall–Kier alpha value is -1.39. The second-order valence-corrected chi connectivity index (χ2v) is 8.80. The first kappa shape index (κ1) is 25.6. The molecule has 0 radical (unpaired) electrons. The molecule has 0 N–H and O–H groups in total. The molecule has 29 heavy (non-hydrogen) atoms. The van der Waals surface area contributed by atoms with Gasteiger partial charge >= 0.3 is 5.97 Å². The van der Waals surface area contributed by atoms with Crippen LogP contribution in [-0.4, -0.2) is 32.1 Å². The first-order chi connectivity index (χ1) is 13.7. The number of carbonyl (C=O) groups is 1. The summed E-state index contributed by atoms with van der Waals surface area (Å²) in [6, 6.07) is 0. The molecule has 0 heterocycles. The van der Waals surface area contributed by atoms with E-state index in [1.165, 1.54) is 12.5 Å². The minimum atomic E-state index is -0.223. The summed E-state index contributed by atoms with van der Waals surface area (Å²) in [4.78, 5) is 11.6. The topological polar surface area (TPSA) is 44.8 Å². The molecule has 0 unspecified atom stereocenters. The summed E-state index contributed by atoms with van der Waals surface area (Å²) >= 11 is 0. The van der Waals surface area contributed by atoms with E-state index in [-0.39, 0.29) is 30.9 Å². The van der Waals surface area contributed by atoms with Gasteiger partial charge in [-0.2, -0.15) is 0 Å². The molecule has 0 saturated carbocycles. The average molecular weight is 407 g/mol. The van der Waals surface area contributed by atoms with Gasteiger partial charge in [0.25, 0.3) is 0 Å². The molecular weight excluding hydrogens is 364 g/mol. The van der Waals surface area contributed by atoms with Crippen LogP contribution in [0.2, 0.25) is 0 Å². The van der Waals surface area contributed by atoms with Crippen molar-refractivity contribution < 1.29 is 19.0 Å². The fourth-order valence-electron chi connectivity index (χ4n) is 4.66. The first-order valence-corrected chi connectivity index (χ1v) is 10.9. The molecule has 0 aromatic rings. The van der Waals surface area contributed by atoms with Crippen molar-refractivity contribution in [3.63, 3.8) is 0 Å². The largest absolute Gasteiger partial charge is 0.462 e. The van der Waals surface area contributed by atoms with E-state index in [0.717, 1.165) is 19.3 Å². The summed E-state index contributed by atoms with van der Waals surface area (Å²) in [5.74, 6) is 1.92. The maximum atomic E-state index is 11.6. The van der Waals surface area contributed by atoms with E-state index < -0.39 is 0 Å². The third-order valence-electron chi connectivity index (χ3n) is 6.36. The molecule has 0 amide bonds. The number of carbonyl (C=O) groups excluding carboxylic acids is 1. The third-order valence-corrected chi connectivity index (χ3v) is 6.36. The molecule has 6 atom stereocenters. The van der Waals surface area contributed by atoms with Gasteiger partial charge in [-0.3, -0.25) is 4.79 Å². The standard InChI is InChI=1S/C25H42O4/c1-9-11-21(29-20(7)26)14-24-22(17(3)4)13-12-19(6)23(24)15-25(18(5)10-2)28-16-27-8/h9-10,12,17-18,21-25H,1-2,11,13-16H2,3-8H3/t18-,21-,22-,23+,24-,25+/m1/s1. The van der Waals surface area contributed by atoms with Crippen LogP contribution >= 0.6 is 0 Å². The number of hydrogen-bond donors (Lipinski definition) is 0. The lowest BCUT2D eigenvalue weighted by Crippen LogP contribution is -2.38. The fourth-order valence-corrected chi connectivity index (χ4v) is 4.66. The van der Waals surface area contributed by atoms with E-state index in [1.54, 1.807) is 7.11 Å². The van der Waals surface area contributed by atoms with Gasteiger partial charge in [-0.15, -0.1) is 13.2 Å². The highest BCUT2D eigenvalue weighted by Gasteiger charge is 2.38. The van der Waals surface area contributed by atoms with Crippen LogP contribution in [0.5, 0.6) is 0 Å². The minimum Gasteiger partial charge on any atom is -0.462 e. The lowest BCUT2D eigenvalue weighted by molar-refractivity contribution is -0.147. The van der Waals surface area contributed by atoms with Crippen molar-refractivity contribution in [2.45, 2.75) is 72.5 Å². The summed E-state index contributed by atoms with van der Waals surface area (Å²) in [5, 5.41) is 0. The second-order valence-electron chi connectivity index (χ2n) is 8.80. The van der Waals surface area contributed by atoms with Gasteiger partial charge in [-0.25, -0.2) is 0 Å². The molecule has 0 fully saturated rings. The Balaban J connectivity index is 3.16. The summed E-state index contributed by atoms with van der Waals surface area (Å²) in [6.07, 6.45) is 9.64. The van der Waals surface area contributed by atoms with Crippen molar-refractivity contribution >= 4 is 5.97 Å². The highest BCUT2D eigenvalue weighted by molar-refractivity contribution is 5.66. The van der Waals surface area contributed by atoms with Gasteiger partial charge in [0.2, 0.25) is 0 Å². The summed E-state index contributed by atoms with van der Waals surface area (Å²) in [6.45, 7) is 18.6. The molecule has 166 valence electrons. The molecule has 0 aliphatic heterocycles. The predicted molar refractivity (Wildman–Crippen MR) is 119 cm³/mol. The van der Waals surface area contributed by atoms with Gasteiger partial charge in [0.1, 0.15) is 12.9 Å². The number of hydrogen-bond acceptors (Lipinski definition) is 4. The van der Waals surface area contributed by atoms with Crippen LogP contribution in [-0.2, 0) is 19.0 Å². The van der Waals surface area contributed by atoms with E-state index in [0.29, 0.717) is 30.1 Å². The van der Waals surface area contributed by atoms with Gasteiger partial charge in [-0.1, -0.05) is 44.6 Å². The van der Waals surface area contributed by atoms with E-state index >= 15 is 0 Å². The van der Waals surface area contributed by atoms with Crippen LogP contribution in [0.15, 0.2) is 37.0 Å². The van der Waals surface area contributed by atoms with E-state index in [4.69, 9.17) is 14.2 Å². The number of ether oxygens (including phenoxy) is 3. The van der Waals surface area contributed by atoms with Crippen molar-refractivity contribution in [3.05, 3.63) is 37.0 Å². The molecule has 0 saturated heterocycles. The highest BCUT2D eigenvalue weighted by atomic mass is 16.7. The van der Waals surface area contributed by atoms with Gasteiger partial charge in [0.15, 0.2) is 0 Å². The molecular formula is C25H42O4. The quantitative estimate of drug-likeness (QED) is 0.216. The Morgan fingerprint density at radius 3 is 2.48 bits per heavy atom. The highest BCUT2D eigenvalue weighted by Crippen LogP contribution is 2.44. The number of rotatable bonds is 13. The molecule has 0 spiro atoms. The van der Waals surface area contributed by atoms with Crippen LogP contribution in [0.4, 0.5) is 0 Å². The first-order valence-electron chi connectivity index (χ1n) is 10.9. The van der Waals surface area contributed by atoms with Gasteiger partial charge in [0.05, 0.1) is 6.10 Å². The van der Waals surface area contributed by atoms with Crippen molar-refractivity contribution in [2.24, 2.45) is 29.6 Å². The van der Waals surface area contributed by atoms with Gasteiger partial charge in [0, 0.05) is 26.4 Å². The predicted octanol–water partition coefficient (Wildman–Crippen LogP) is 5.94. The Morgan fingerprint density at radius 1 is 1.28 bits per heavy atom. The second kappa shape index (κ2) is 13.0. The van der Waals surface area contributed by atoms with Crippen LogP contribution in [0.1, 0.15) is 60.3 Å². The van der Waals surface area contributed by atoms with Crippen molar-refractivity contribution in [1.29, 1.82) is 0 Å². The monoisotopic (exact) mass is 406 g/mol. The van der Waals surface area contributed by atoms with Crippen LogP contribution in [0, 0.1) is 29.6 Å². The SMILES string of the molecule is C=CC[C@H](C[C@@H]1[C@@H](C(C)C)CC=C(C)[C@@H]1C[C@H](OCOC)[C@H](C)C=C)OC(C)=O. The van der Waals surface area contributed by atoms with Gasteiger partial charge in [-0.05, 0) is 49.9 Å². The molecule has 1 aliphatic rings. The van der Waals surface area contributed by atoms with E-state index in [9.17, 15) is 4.79 Å². The zero-order chi connectivity index (χ0) is 22.0. The zero-order valence-corrected chi connectivity index (χ0v) is 19.4. The van der Waals surface area contributed by atoms with Crippen LogP contribution < -0.4 is 0 Å². The average Bonchev–Trinajstić information content (AvgIpc) is 2.65. The Kier molecular flexibility index (Phi) is 11.5. The molecule has 4 nitrogen and oxygen atoms in total. The Bertz CT molecular complexity index is 551. The van der Waals surface area contributed by atoms with Crippen molar-refractivity contribution in [3.8, 4) is 0 Å². The lowest BCUT2D eigenvalue weighted by atomic mass is 9.64. The normalized spacial score (nSPS) is 25.1. The maximum Gasteiger partial charge on any atom is 0.302 e. The smallest absolute Gasteiger partial charge is 0.302 e. The maximum absolute atomic E-state index is 11.6. The summed E-state index contributed by atoms with van der Waals surface area (Å²) < 4.78 is 16.9. The van der Waals surface area contributed by atoms with E-state index in [1.807, 2.05) is 12.2 Å². The summed E-state index contributed by atoms with van der Waals surface area (Å²) in [7, 11) is 1.65. The Morgan fingerprint density at radius 2 is 1.97 bits per heavy atom. The Labute approximate surface area is 178 Å².